The van der Waals surface area contributed by atoms with Gasteiger partial charge in [0, 0.05) is 23.6 Å². The summed E-state index contributed by atoms with van der Waals surface area (Å²) in [6, 6.07) is 13.3. The highest BCUT2D eigenvalue weighted by Crippen LogP contribution is 2.19. The van der Waals surface area contributed by atoms with E-state index in [2.05, 4.69) is 0 Å². The predicted molar refractivity (Wildman–Crippen MR) is 74.4 cm³/mol. The maximum atomic E-state index is 12.9. The number of carboxylic acids is 1. The molecule has 0 aliphatic carbocycles. The first kappa shape index (κ1) is 12.4. The first-order valence-corrected chi connectivity index (χ1v) is 6.20. The van der Waals surface area contributed by atoms with Gasteiger partial charge in [0.05, 0.1) is 5.56 Å². The van der Waals surface area contributed by atoms with E-state index in [1.165, 1.54) is 12.1 Å². The van der Waals surface area contributed by atoms with E-state index in [1.807, 2.05) is 16.8 Å². The molecule has 3 rings (SSSR count). The van der Waals surface area contributed by atoms with Crippen molar-refractivity contribution in [3.8, 4) is 0 Å². The van der Waals surface area contributed by atoms with Crippen molar-refractivity contribution in [2.24, 2.45) is 0 Å². The van der Waals surface area contributed by atoms with Gasteiger partial charge in [-0.25, -0.2) is 9.18 Å². The second kappa shape index (κ2) is 4.81. The summed E-state index contributed by atoms with van der Waals surface area (Å²) in [5, 5.41) is 9.85. The Morgan fingerprint density at radius 3 is 2.55 bits per heavy atom. The average molecular weight is 269 g/mol. The fraction of sp³-hybridized carbons (Fsp3) is 0.0625. The molecule has 0 aliphatic rings. The third-order valence-corrected chi connectivity index (χ3v) is 3.28. The van der Waals surface area contributed by atoms with Crippen molar-refractivity contribution in [2.45, 2.75) is 6.54 Å². The number of halogens is 1. The Morgan fingerprint density at radius 1 is 1.10 bits per heavy atom. The standard InChI is InChI=1S/C16H12FNO2/c17-14-4-1-11(2-5-14)10-18-8-7-12-9-13(16(19)20)3-6-15(12)18/h1-9H,10H2,(H,19,20). The molecule has 100 valence electrons. The number of aromatic carboxylic acids is 1. The Balaban J connectivity index is 1.96. The molecule has 0 aliphatic heterocycles. The van der Waals surface area contributed by atoms with E-state index >= 15 is 0 Å². The highest BCUT2D eigenvalue weighted by atomic mass is 19.1. The van der Waals surface area contributed by atoms with Gasteiger partial charge in [0.2, 0.25) is 0 Å². The maximum absolute atomic E-state index is 12.9. The third kappa shape index (κ3) is 2.28. The molecule has 4 heteroatoms. The van der Waals surface area contributed by atoms with Gasteiger partial charge >= 0.3 is 5.97 Å². The van der Waals surface area contributed by atoms with Gasteiger partial charge in [-0.1, -0.05) is 12.1 Å². The summed E-state index contributed by atoms with van der Waals surface area (Å²) in [6.45, 7) is 0.621. The van der Waals surface area contributed by atoms with Crippen LogP contribution in [-0.2, 0) is 6.54 Å². The number of benzene rings is 2. The highest BCUT2D eigenvalue weighted by molar-refractivity contribution is 5.93. The van der Waals surface area contributed by atoms with E-state index in [4.69, 9.17) is 5.11 Å². The Morgan fingerprint density at radius 2 is 1.85 bits per heavy atom. The van der Waals surface area contributed by atoms with Gasteiger partial charge in [0.25, 0.3) is 0 Å². The highest BCUT2D eigenvalue weighted by Gasteiger charge is 2.07. The molecule has 0 saturated heterocycles. The van der Waals surface area contributed by atoms with Gasteiger partial charge in [-0.3, -0.25) is 0 Å². The quantitative estimate of drug-likeness (QED) is 0.790. The average Bonchev–Trinajstić information content (AvgIpc) is 2.84. The molecule has 0 atom stereocenters. The van der Waals surface area contributed by atoms with Crippen LogP contribution in [0, 0.1) is 5.82 Å². The minimum atomic E-state index is -0.932. The van der Waals surface area contributed by atoms with Crippen molar-refractivity contribution >= 4 is 16.9 Å². The predicted octanol–water partition coefficient (Wildman–Crippen LogP) is 3.53. The normalized spacial score (nSPS) is 10.8. The molecule has 0 fully saturated rings. The second-order valence-electron chi connectivity index (χ2n) is 4.65. The molecule has 1 aromatic heterocycles. The lowest BCUT2D eigenvalue weighted by Gasteiger charge is -2.06. The molecule has 1 N–H and O–H groups in total. The van der Waals surface area contributed by atoms with Crippen molar-refractivity contribution in [1.29, 1.82) is 0 Å². The minimum Gasteiger partial charge on any atom is -0.478 e. The lowest BCUT2D eigenvalue weighted by atomic mass is 10.1. The van der Waals surface area contributed by atoms with Crippen molar-refractivity contribution in [1.82, 2.24) is 4.57 Å². The molecule has 3 aromatic rings. The van der Waals surface area contributed by atoms with E-state index in [0.717, 1.165) is 16.5 Å². The summed E-state index contributed by atoms with van der Waals surface area (Å²) < 4.78 is 14.9. The fourth-order valence-electron chi connectivity index (χ4n) is 2.26. The third-order valence-electron chi connectivity index (χ3n) is 3.28. The van der Waals surface area contributed by atoms with Crippen LogP contribution in [0.1, 0.15) is 15.9 Å². The summed E-state index contributed by atoms with van der Waals surface area (Å²) >= 11 is 0. The van der Waals surface area contributed by atoms with Gasteiger partial charge in [-0.2, -0.15) is 0 Å². The first-order valence-electron chi connectivity index (χ1n) is 6.20. The number of fused-ring (bicyclic) bond motifs is 1. The van der Waals surface area contributed by atoms with E-state index in [9.17, 15) is 9.18 Å². The van der Waals surface area contributed by atoms with Crippen LogP contribution in [0.3, 0.4) is 0 Å². The number of carboxylic acid groups (broad SMARTS) is 1. The number of hydrogen-bond acceptors (Lipinski definition) is 1. The molecule has 0 spiro atoms. The lowest BCUT2D eigenvalue weighted by Crippen LogP contribution is -1.99. The molecule has 3 nitrogen and oxygen atoms in total. The zero-order valence-corrected chi connectivity index (χ0v) is 10.6. The molecular formula is C16H12FNO2. The monoisotopic (exact) mass is 269 g/mol. The molecule has 1 heterocycles. The smallest absolute Gasteiger partial charge is 0.335 e. The molecule has 2 aromatic carbocycles. The van der Waals surface area contributed by atoms with Crippen molar-refractivity contribution in [3.63, 3.8) is 0 Å². The zero-order valence-electron chi connectivity index (χ0n) is 10.6. The van der Waals surface area contributed by atoms with Crippen molar-refractivity contribution in [2.75, 3.05) is 0 Å². The van der Waals surface area contributed by atoms with Gasteiger partial charge in [0.1, 0.15) is 5.82 Å². The molecular weight excluding hydrogens is 257 g/mol. The summed E-state index contributed by atoms with van der Waals surface area (Å²) in [5.41, 5.74) is 2.22. The van der Waals surface area contributed by atoms with Crippen LogP contribution in [0.15, 0.2) is 54.7 Å². The molecule has 20 heavy (non-hydrogen) atoms. The summed E-state index contributed by atoms with van der Waals surface area (Å²) in [7, 11) is 0. The van der Waals surface area contributed by atoms with E-state index < -0.39 is 5.97 Å². The van der Waals surface area contributed by atoms with Gasteiger partial charge in [-0.15, -0.1) is 0 Å². The van der Waals surface area contributed by atoms with Crippen LogP contribution < -0.4 is 0 Å². The first-order chi connectivity index (χ1) is 9.63. The summed E-state index contributed by atoms with van der Waals surface area (Å²) in [4.78, 5) is 10.9. The number of hydrogen-bond donors (Lipinski definition) is 1. The molecule has 0 amide bonds. The summed E-state index contributed by atoms with van der Waals surface area (Å²) in [5.74, 6) is -1.18. The number of nitrogens with zero attached hydrogens (tertiary/aromatic N) is 1. The second-order valence-corrected chi connectivity index (χ2v) is 4.65. The van der Waals surface area contributed by atoms with Crippen LogP contribution in [0.5, 0.6) is 0 Å². The molecule has 0 radical (unpaired) electrons. The van der Waals surface area contributed by atoms with Gasteiger partial charge < -0.3 is 9.67 Å². The van der Waals surface area contributed by atoms with Gasteiger partial charge in [0.15, 0.2) is 0 Å². The Hall–Kier alpha value is -2.62. The minimum absolute atomic E-state index is 0.253. The SMILES string of the molecule is O=C(O)c1ccc2c(ccn2Cc2ccc(F)cc2)c1. The Labute approximate surface area is 114 Å². The Bertz CT molecular complexity index is 775. The number of rotatable bonds is 3. The lowest BCUT2D eigenvalue weighted by molar-refractivity contribution is 0.0697. The van der Waals surface area contributed by atoms with Gasteiger partial charge in [-0.05, 0) is 42.0 Å². The van der Waals surface area contributed by atoms with Crippen LogP contribution in [0.4, 0.5) is 4.39 Å². The zero-order chi connectivity index (χ0) is 14.1. The van der Waals surface area contributed by atoms with Crippen LogP contribution in [0.25, 0.3) is 10.9 Å². The number of carbonyl (C=O) groups is 1. The van der Waals surface area contributed by atoms with Crippen LogP contribution in [0.2, 0.25) is 0 Å². The van der Waals surface area contributed by atoms with Crippen LogP contribution in [-0.4, -0.2) is 15.6 Å². The van der Waals surface area contributed by atoms with Crippen molar-refractivity contribution in [3.05, 3.63) is 71.7 Å². The van der Waals surface area contributed by atoms with Crippen LogP contribution >= 0.6 is 0 Å². The molecule has 0 saturated carbocycles. The van der Waals surface area contributed by atoms with E-state index in [1.54, 1.807) is 30.3 Å². The molecule has 0 unspecified atom stereocenters. The topological polar surface area (TPSA) is 42.2 Å². The molecule has 0 bridgehead atoms. The maximum Gasteiger partial charge on any atom is 0.335 e. The van der Waals surface area contributed by atoms with E-state index in [0.29, 0.717) is 6.54 Å². The van der Waals surface area contributed by atoms with Crippen molar-refractivity contribution < 1.29 is 14.3 Å². The Kier molecular flexibility index (Phi) is 2.99. The summed E-state index contributed by atoms with van der Waals surface area (Å²) in [6.07, 6.45) is 1.90. The van der Waals surface area contributed by atoms with E-state index in [-0.39, 0.29) is 11.4 Å². The fourth-order valence-corrected chi connectivity index (χ4v) is 2.26. The number of aromatic nitrogens is 1. The largest absolute Gasteiger partial charge is 0.478 e.